The Balaban J connectivity index is 1.82. The zero-order valence-electron chi connectivity index (χ0n) is 11.4. The van der Waals surface area contributed by atoms with E-state index in [2.05, 4.69) is 10.3 Å². The minimum Gasteiger partial charge on any atom is -0.458 e. The number of amides is 1. The molecule has 0 aliphatic rings. The van der Waals surface area contributed by atoms with Crippen LogP contribution in [0.25, 0.3) is 0 Å². The van der Waals surface area contributed by atoms with Gasteiger partial charge in [0.15, 0.2) is 0 Å². The number of esters is 1. The molecular formula is C15H12Cl2N2O3. The summed E-state index contributed by atoms with van der Waals surface area (Å²) in [4.78, 5) is 27.5. The topological polar surface area (TPSA) is 68.3 Å². The molecule has 0 aliphatic carbocycles. The van der Waals surface area contributed by atoms with Crippen LogP contribution in [0.15, 0.2) is 42.6 Å². The second-order valence-corrected chi connectivity index (χ2v) is 5.13. The number of benzene rings is 1. The van der Waals surface area contributed by atoms with Crippen molar-refractivity contribution in [2.75, 3.05) is 6.54 Å². The minimum atomic E-state index is -0.566. The van der Waals surface area contributed by atoms with Crippen molar-refractivity contribution in [1.82, 2.24) is 10.3 Å². The number of pyridine rings is 1. The van der Waals surface area contributed by atoms with Crippen LogP contribution in [0.2, 0.25) is 10.0 Å². The molecule has 0 radical (unpaired) electrons. The maximum Gasteiger partial charge on any atom is 0.325 e. The van der Waals surface area contributed by atoms with Gasteiger partial charge in [0, 0.05) is 11.2 Å². The first-order valence-corrected chi connectivity index (χ1v) is 7.10. The molecule has 5 nitrogen and oxygen atoms in total. The van der Waals surface area contributed by atoms with E-state index in [-0.39, 0.29) is 23.7 Å². The van der Waals surface area contributed by atoms with Crippen LogP contribution >= 0.6 is 23.2 Å². The highest BCUT2D eigenvalue weighted by Gasteiger charge is 2.12. The Labute approximate surface area is 137 Å². The van der Waals surface area contributed by atoms with E-state index in [1.807, 2.05) is 0 Å². The van der Waals surface area contributed by atoms with Gasteiger partial charge in [-0.15, -0.1) is 0 Å². The highest BCUT2D eigenvalue weighted by molar-refractivity contribution is 6.36. The molecule has 114 valence electrons. The first-order chi connectivity index (χ1) is 10.6. The molecule has 1 amide bonds. The summed E-state index contributed by atoms with van der Waals surface area (Å²) in [6.45, 7) is -0.206. The summed E-state index contributed by atoms with van der Waals surface area (Å²) >= 11 is 11.7. The van der Waals surface area contributed by atoms with E-state index in [0.29, 0.717) is 10.7 Å². The third kappa shape index (κ3) is 4.72. The Hall–Kier alpha value is -2.11. The van der Waals surface area contributed by atoms with Gasteiger partial charge in [-0.05, 0) is 30.3 Å². The van der Waals surface area contributed by atoms with Crippen LogP contribution in [0.5, 0.6) is 0 Å². The van der Waals surface area contributed by atoms with Crippen LogP contribution in [0.3, 0.4) is 0 Å². The molecule has 1 aromatic carbocycles. The lowest BCUT2D eigenvalue weighted by atomic mass is 10.2. The fourth-order valence-corrected chi connectivity index (χ4v) is 2.10. The van der Waals surface area contributed by atoms with Crippen molar-refractivity contribution in [2.45, 2.75) is 6.61 Å². The third-order valence-corrected chi connectivity index (χ3v) is 3.22. The monoisotopic (exact) mass is 338 g/mol. The van der Waals surface area contributed by atoms with Gasteiger partial charge in [-0.2, -0.15) is 0 Å². The quantitative estimate of drug-likeness (QED) is 0.851. The lowest BCUT2D eigenvalue weighted by molar-refractivity contribution is -0.143. The van der Waals surface area contributed by atoms with Gasteiger partial charge in [0.25, 0.3) is 5.91 Å². The van der Waals surface area contributed by atoms with E-state index in [9.17, 15) is 9.59 Å². The van der Waals surface area contributed by atoms with Gasteiger partial charge in [0.2, 0.25) is 0 Å². The first kappa shape index (κ1) is 16.3. The smallest absolute Gasteiger partial charge is 0.325 e. The van der Waals surface area contributed by atoms with Crippen LogP contribution in [0.4, 0.5) is 0 Å². The molecule has 0 spiro atoms. The Morgan fingerprint density at radius 2 is 2.00 bits per heavy atom. The molecule has 0 aliphatic heterocycles. The zero-order valence-corrected chi connectivity index (χ0v) is 12.9. The van der Waals surface area contributed by atoms with Crippen molar-refractivity contribution in [3.05, 3.63) is 63.9 Å². The lowest BCUT2D eigenvalue weighted by Gasteiger charge is -2.07. The number of ether oxygens (including phenoxy) is 1. The molecule has 2 rings (SSSR count). The molecular weight excluding hydrogens is 327 g/mol. The van der Waals surface area contributed by atoms with Crippen molar-refractivity contribution < 1.29 is 14.3 Å². The number of carbonyl (C=O) groups excluding carboxylic acids is 2. The summed E-state index contributed by atoms with van der Waals surface area (Å²) in [6.07, 6.45) is 1.60. The molecule has 1 aromatic heterocycles. The lowest BCUT2D eigenvalue weighted by Crippen LogP contribution is -2.30. The van der Waals surface area contributed by atoms with Crippen LogP contribution in [0.1, 0.15) is 16.1 Å². The van der Waals surface area contributed by atoms with E-state index < -0.39 is 11.9 Å². The zero-order chi connectivity index (χ0) is 15.9. The van der Waals surface area contributed by atoms with E-state index in [1.165, 1.54) is 12.1 Å². The van der Waals surface area contributed by atoms with Crippen LogP contribution in [-0.2, 0) is 16.1 Å². The van der Waals surface area contributed by atoms with Gasteiger partial charge < -0.3 is 10.1 Å². The number of aromatic nitrogens is 1. The Morgan fingerprint density at radius 3 is 2.68 bits per heavy atom. The number of carbonyl (C=O) groups is 2. The van der Waals surface area contributed by atoms with E-state index in [0.717, 1.165) is 0 Å². The predicted octanol–water partition coefficient (Wildman–Crippen LogP) is 2.86. The molecule has 0 bridgehead atoms. The second kappa shape index (κ2) is 7.77. The molecule has 0 saturated heterocycles. The number of nitrogens with zero attached hydrogens (tertiary/aromatic N) is 1. The average Bonchev–Trinajstić information content (AvgIpc) is 2.51. The summed E-state index contributed by atoms with van der Waals surface area (Å²) in [5.41, 5.74) is 0.867. The number of nitrogens with one attached hydrogen (secondary N) is 1. The van der Waals surface area contributed by atoms with Gasteiger partial charge in [-0.25, -0.2) is 0 Å². The summed E-state index contributed by atoms with van der Waals surface area (Å²) < 4.78 is 4.99. The van der Waals surface area contributed by atoms with Crippen molar-refractivity contribution in [2.24, 2.45) is 0 Å². The van der Waals surface area contributed by atoms with Gasteiger partial charge >= 0.3 is 5.97 Å². The fourth-order valence-electron chi connectivity index (χ4n) is 1.61. The fraction of sp³-hybridized carbons (Fsp3) is 0.133. The molecule has 22 heavy (non-hydrogen) atoms. The molecule has 2 aromatic rings. The Kier molecular flexibility index (Phi) is 5.75. The Morgan fingerprint density at radius 1 is 1.18 bits per heavy atom. The van der Waals surface area contributed by atoms with Crippen LogP contribution in [0, 0.1) is 0 Å². The highest BCUT2D eigenvalue weighted by atomic mass is 35.5. The van der Waals surface area contributed by atoms with Gasteiger partial charge in [-0.3, -0.25) is 14.6 Å². The van der Waals surface area contributed by atoms with Crippen molar-refractivity contribution in [3.63, 3.8) is 0 Å². The number of hydrogen-bond acceptors (Lipinski definition) is 4. The largest absolute Gasteiger partial charge is 0.458 e. The van der Waals surface area contributed by atoms with Crippen molar-refractivity contribution in [1.29, 1.82) is 0 Å². The number of halogens is 2. The summed E-state index contributed by atoms with van der Waals surface area (Å²) in [6, 6.07) is 9.78. The molecule has 0 unspecified atom stereocenters. The maximum absolute atomic E-state index is 11.9. The summed E-state index contributed by atoms with van der Waals surface area (Å²) in [7, 11) is 0. The number of hydrogen-bond donors (Lipinski definition) is 1. The van der Waals surface area contributed by atoms with E-state index in [1.54, 1.807) is 30.5 Å². The molecule has 1 heterocycles. The number of rotatable bonds is 5. The average molecular weight is 339 g/mol. The predicted molar refractivity (Wildman–Crippen MR) is 82.8 cm³/mol. The molecule has 0 fully saturated rings. The van der Waals surface area contributed by atoms with Crippen LogP contribution < -0.4 is 5.32 Å². The van der Waals surface area contributed by atoms with E-state index in [4.69, 9.17) is 27.9 Å². The summed E-state index contributed by atoms with van der Waals surface area (Å²) in [5, 5.41) is 3.08. The van der Waals surface area contributed by atoms with Crippen LogP contribution in [-0.4, -0.2) is 23.4 Å². The SMILES string of the molecule is O=C(CNC(=O)c1ccc(Cl)cc1Cl)OCc1ccccn1. The molecule has 0 atom stereocenters. The maximum atomic E-state index is 11.9. The Bertz CT molecular complexity index is 678. The molecule has 1 N–H and O–H groups in total. The minimum absolute atomic E-state index is 0.0528. The standard InChI is InChI=1S/C15H12Cl2N2O3/c16-10-4-5-12(13(17)7-10)15(21)19-8-14(20)22-9-11-3-1-2-6-18-11/h1-7H,8-9H2,(H,19,21). The van der Waals surface area contributed by atoms with Gasteiger partial charge in [0.1, 0.15) is 13.2 Å². The molecule has 0 saturated carbocycles. The van der Waals surface area contributed by atoms with E-state index >= 15 is 0 Å². The summed E-state index contributed by atoms with van der Waals surface area (Å²) in [5.74, 6) is -1.04. The van der Waals surface area contributed by atoms with Gasteiger partial charge in [-0.1, -0.05) is 29.3 Å². The van der Waals surface area contributed by atoms with Crippen molar-refractivity contribution in [3.8, 4) is 0 Å². The second-order valence-electron chi connectivity index (χ2n) is 4.29. The normalized spacial score (nSPS) is 10.1. The first-order valence-electron chi connectivity index (χ1n) is 6.35. The molecule has 7 heteroatoms. The van der Waals surface area contributed by atoms with Gasteiger partial charge in [0.05, 0.1) is 16.3 Å². The highest BCUT2D eigenvalue weighted by Crippen LogP contribution is 2.20. The van der Waals surface area contributed by atoms with Crippen molar-refractivity contribution >= 4 is 35.1 Å². The third-order valence-electron chi connectivity index (χ3n) is 2.68.